The van der Waals surface area contributed by atoms with Crippen LogP contribution in [0.25, 0.3) is 0 Å². The summed E-state index contributed by atoms with van der Waals surface area (Å²) in [5.74, 6) is 1.25. The van der Waals surface area contributed by atoms with Crippen LogP contribution in [0.15, 0.2) is 30.6 Å². The lowest BCUT2D eigenvalue weighted by Crippen LogP contribution is -2.44. The summed E-state index contributed by atoms with van der Waals surface area (Å²) in [5, 5.41) is 3.10. The minimum atomic E-state index is -0.215. The molecule has 1 fully saturated rings. The summed E-state index contributed by atoms with van der Waals surface area (Å²) >= 11 is 0. The number of anilines is 2. The Morgan fingerprint density at radius 1 is 0.964 bits per heavy atom. The molecular weight excluding hydrogens is 350 g/mol. The molecule has 6 nitrogen and oxygen atoms in total. The predicted molar refractivity (Wildman–Crippen MR) is 114 cm³/mol. The molecule has 0 atom stereocenters. The van der Waals surface area contributed by atoms with Gasteiger partial charge in [-0.15, -0.1) is 0 Å². The van der Waals surface area contributed by atoms with Crippen LogP contribution in [0.4, 0.5) is 11.5 Å². The summed E-state index contributed by atoms with van der Waals surface area (Å²) in [6, 6.07) is 6.22. The summed E-state index contributed by atoms with van der Waals surface area (Å²) in [5.41, 5.74) is 3.52. The molecular formula is C22H31N5O. The smallest absolute Gasteiger partial charge is 0.275 e. The Hall–Kier alpha value is -2.47. The Morgan fingerprint density at radius 2 is 1.57 bits per heavy atom. The number of benzene rings is 1. The number of aromatic nitrogens is 2. The SMILES string of the molecule is CC(C)c1cccc(C(C)C)c1NC(=O)c1cnc(N2CCN(C)CC2)cn1. The zero-order valence-electron chi connectivity index (χ0n) is 17.6. The molecule has 0 unspecified atom stereocenters. The van der Waals surface area contributed by atoms with Gasteiger partial charge in [0.05, 0.1) is 12.4 Å². The third kappa shape index (κ3) is 4.50. The van der Waals surface area contributed by atoms with Crippen molar-refractivity contribution in [3.05, 3.63) is 47.4 Å². The molecule has 3 rings (SSSR count). The van der Waals surface area contributed by atoms with Crippen molar-refractivity contribution in [3.8, 4) is 0 Å². The second-order valence-electron chi connectivity index (χ2n) is 8.13. The molecule has 28 heavy (non-hydrogen) atoms. The highest BCUT2D eigenvalue weighted by Crippen LogP contribution is 2.32. The van der Waals surface area contributed by atoms with Crippen LogP contribution in [0.1, 0.15) is 61.1 Å². The van der Waals surface area contributed by atoms with E-state index in [4.69, 9.17) is 0 Å². The highest BCUT2D eigenvalue weighted by molar-refractivity contribution is 6.03. The van der Waals surface area contributed by atoms with E-state index in [2.05, 4.69) is 78.0 Å². The highest BCUT2D eigenvalue weighted by atomic mass is 16.1. The van der Waals surface area contributed by atoms with Crippen LogP contribution in [0, 0.1) is 0 Å². The van der Waals surface area contributed by atoms with Crippen LogP contribution in [0.5, 0.6) is 0 Å². The fourth-order valence-electron chi connectivity index (χ4n) is 3.51. The number of likely N-dealkylation sites (N-methyl/N-ethyl adjacent to an activating group) is 1. The first kappa shape index (κ1) is 20.3. The minimum absolute atomic E-state index is 0.215. The van der Waals surface area contributed by atoms with E-state index >= 15 is 0 Å². The van der Waals surface area contributed by atoms with Gasteiger partial charge in [0.15, 0.2) is 0 Å². The maximum atomic E-state index is 12.9. The number of nitrogens with one attached hydrogen (secondary N) is 1. The third-order valence-electron chi connectivity index (χ3n) is 5.31. The lowest BCUT2D eigenvalue weighted by molar-refractivity contribution is 0.102. The van der Waals surface area contributed by atoms with Crippen LogP contribution in [0.2, 0.25) is 0 Å². The molecule has 2 heterocycles. The number of hydrogen-bond donors (Lipinski definition) is 1. The number of para-hydroxylation sites is 1. The number of nitrogens with zero attached hydrogens (tertiary/aromatic N) is 4. The van der Waals surface area contributed by atoms with E-state index in [0.717, 1.165) is 48.8 Å². The van der Waals surface area contributed by atoms with E-state index in [1.54, 1.807) is 12.4 Å². The summed E-state index contributed by atoms with van der Waals surface area (Å²) in [6.07, 6.45) is 3.29. The van der Waals surface area contributed by atoms with Crippen LogP contribution in [-0.4, -0.2) is 54.0 Å². The third-order valence-corrected chi connectivity index (χ3v) is 5.31. The first-order valence-electron chi connectivity index (χ1n) is 10.1. The maximum Gasteiger partial charge on any atom is 0.275 e. The van der Waals surface area contributed by atoms with Gasteiger partial charge in [0, 0.05) is 31.9 Å². The Labute approximate surface area is 168 Å². The van der Waals surface area contributed by atoms with E-state index in [9.17, 15) is 4.79 Å². The first-order valence-corrected chi connectivity index (χ1v) is 10.1. The lowest BCUT2D eigenvalue weighted by atomic mass is 9.92. The first-order chi connectivity index (χ1) is 13.4. The van der Waals surface area contributed by atoms with Crippen LogP contribution >= 0.6 is 0 Å². The number of carbonyl (C=O) groups is 1. The predicted octanol–water partition coefficient (Wildman–Crippen LogP) is 3.73. The molecule has 1 amide bonds. The second-order valence-corrected chi connectivity index (χ2v) is 8.13. The monoisotopic (exact) mass is 381 g/mol. The van der Waals surface area contributed by atoms with Crippen LogP contribution in [0.3, 0.4) is 0 Å². The molecule has 1 aromatic carbocycles. The normalized spacial score (nSPS) is 15.3. The van der Waals surface area contributed by atoms with Gasteiger partial charge >= 0.3 is 0 Å². The van der Waals surface area contributed by atoms with Crippen LogP contribution in [-0.2, 0) is 0 Å². The zero-order valence-corrected chi connectivity index (χ0v) is 17.6. The molecule has 0 saturated carbocycles. The van der Waals surface area contributed by atoms with Gasteiger partial charge in [0.1, 0.15) is 11.5 Å². The van der Waals surface area contributed by atoms with Gasteiger partial charge in [-0.2, -0.15) is 0 Å². The molecule has 1 aliphatic heterocycles. The van der Waals surface area contributed by atoms with E-state index < -0.39 is 0 Å². The summed E-state index contributed by atoms with van der Waals surface area (Å²) in [4.78, 5) is 26.2. The van der Waals surface area contributed by atoms with Crippen molar-refractivity contribution in [2.75, 3.05) is 43.4 Å². The zero-order chi connectivity index (χ0) is 20.3. The van der Waals surface area contributed by atoms with Gasteiger partial charge in [0.25, 0.3) is 5.91 Å². The molecule has 150 valence electrons. The molecule has 2 aromatic rings. The van der Waals surface area contributed by atoms with Gasteiger partial charge in [-0.3, -0.25) is 4.79 Å². The van der Waals surface area contributed by atoms with Crippen molar-refractivity contribution < 1.29 is 4.79 Å². The quantitative estimate of drug-likeness (QED) is 0.855. The van der Waals surface area contributed by atoms with Crippen LogP contribution < -0.4 is 10.2 Å². The summed E-state index contributed by atoms with van der Waals surface area (Å²) in [6.45, 7) is 12.4. The number of rotatable bonds is 5. The molecule has 0 radical (unpaired) electrons. The molecule has 0 aliphatic carbocycles. The van der Waals surface area contributed by atoms with Gasteiger partial charge < -0.3 is 15.1 Å². The van der Waals surface area contributed by atoms with Gasteiger partial charge in [-0.25, -0.2) is 9.97 Å². The number of hydrogen-bond acceptors (Lipinski definition) is 5. The lowest BCUT2D eigenvalue weighted by Gasteiger charge is -2.32. The van der Waals surface area contributed by atoms with Gasteiger partial charge in [0.2, 0.25) is 0 Å². The number of carbonyl (C=O) groups excluding carboxylic acids is 1. The average molecular weight is 382 g/mol. The van der Waals surface area contributed by atoms with Gasteiger partial charge in [-0.1, -0.05) is 45.9 Å². The van der Waals surface area contributed by atoms with Crippen molar-refractivity contribution in [3.63, 3.8) is 0 Å². The van der Waals surface area contributed by atoms with Crippen molar-refractivity contribution in [1.82, 2.24) is 14.9 Å². The van der Waals surface area contributed by atoms with E-state index in [-0.39, 0.29) is 5.91 Å². The topological polar surface area (TPSA) is 61.4 Å². The summed E-state index contributed by atoms with van der Waals surface area (Å²) < 4.78 is 0. The van der Waals surface area contributed by atoms with Crippen molar-refractivity contribution in [2.24, 2.45) is 0 Å². The minimum Gasteiger partial charge on any atom is -0.353 e. The Balaban J connectivity index is 1.78. The van der Waals surface area contributed by atoms with E-state index in [1.807, 2.05) is 0 Å². The van der Waals surface area contributed by atoms with E-state index in [1.165, 1.54) is 0 Å². The number of amides is 1. The molecule has 6 heteroatoms. The second kappa shape index (κ2) is 8.69. The van der Waals surface area contributed by atoms with Crippen molar-refractivity contribution >= 4 is 17.4 Å². The van der Waals surface area contributed by atoms with Crippen molar-refractivity contribution in [2.45, 2.75) is 39.5 Å². The Bertz CT molecular complexity index is 782. The summed E-state index contributed by atoms with van der Waals surface area (Å²) in [7, 11) is 2.12. The standard InChI is InChI=1S/C22H31N5O/c1-15(2)17-7-6-8-18(16(3)4)21(17)25-22(28)19-13-24-20(14-23-19)27-11-9-26(5)10-12-27/h6-8,13-16H,9-12H2,1-5H3,(H,25,28). The molecule has 1 aromatic heterocycles. The molecule has 0 spiro atoms. The van der Waals surface area contributed by atoms with E-state index in [0.29, 0.717) is 17.5 Å². The fraction of sp³-hybridized carbons (Fsp3) is 0.500. The van der Waals surface area contributed by atoms with Gasteiger partial charge in [-0.05, 0) is 30.0 Å². The largest absolute Gasteiger partial charge is 0.353 e. The average Bonchev–Trinajstić information content (AvgIpc) is 2.68. The fourth-order valence-corrected chi connectivity index (χ4v) is 3.51. The Kier molecular flexibility index (Phi) is 6.29. The molecule has 1 N–H and O–H groups in total. The molecule has 1 aliphatic rings. The maximum absolute atomic E-state index is 12.9. The Morgan fingerprint density at radius 3 is 2.07 bits per heavy atom. The molecule has 1 saturated heterocycles. The molecule has 0 bridgehead atoms. The highest BCUT2D eigenvalue weighted by Gasteiger charge is 2.19. The van der Waals surface area contributed by atoms with Crippen molar-refractivity contribution in [1.29, 1.82) is 0 Å². The number of piperazine rings is 1.